The number of carbonyl (C=O) groups is 1. The minimum Gasteiger partial charge on any atom is -0.394 e. The number of aliphatic hydroxyl groups excluding tert-OH is 11. The Hall–Kier alpha value is -3.03. The molecule has 1 amide bonds. The molecule has 0 saturated carbocycles. The lowest BCUT2D eigenvalue weighted by Crippen LogP contribution is -2.66. The molecule has 19 heteroatoms. The van der Waals surface area contributed by atoms with Gasteiger partial charge in [0.1, 0.15) is 73.2 Å². The van der Waals surface area contributed by atoms with Crippen LogP contribution in [0.5, 0.6) is 0 Å². The van der Waals surface area contributed by atoms with Crippen LogP contribution in [0.2, 0.25) is 0 Å². The number of hydrogen-bond acceptors (Lipinski definition) is 18. The third kappa shape index (κ3) is 28.1. The Bertz CT molecular complexity index is 1810. The number of allylic oxidation sites excluding steroid dienone is 13. The molecular formula is C62H105NO18. The van der Waals surface area contributed by atoms with Crippen molar-refractivity contribution >= 4 is 5.91 Å². The highest BCUT2D eigenvalue weighted by molar-refractivity contribution is 5.76. The summed E-state index contributed by atoms with van der Waals surface area (Å²) < 4.78 is 34.1. The molecule has 3 aliphatic heterocycles. The Morgan fingerprint density at radius 3 is 1.37 bits per heavy atom. The molecule has 19 nitrogen and oxygen atoms in total. The Balaban J connectivity index is 1.52. The first kappa shape index (κ1) is 72.2. The number of carbonyl (C=O) groups excluding carboxylic acids is 1. The average molecular weight is 1150 g/mol. The van der Waals surface area contributed by atoms with Crippen molar-refractivity contribution in [3.63, 3.8) is 0 Å². The number of rotatable bonds is 43. The summed E-state index contributed by atoms with van der Waals surface area (Å²) in [6, 6.07) is -1.04. The largest absolute Gasteiger partial charge is 0.394 e. The van der Waals surface area contributed by atoms with Gasteiger partial charge in [-0.05, 0) is 70.6 Å². The number of aliphatic hydroxyl groups is 11. The summed E-state index contributed by atoms with van der Waals surface area (Å²) in [6.07, 6.45) is 27.4. The van der Waals surface area contributed by atoms with Crippen molar-refractivity contribution in [3.05, 3.63) is 85.1 Å². The van der Waals surface area contributed by atoms with E-state index in [1.165, 1.54) is 83.5 Å². The summed E-state index contributed by atoms with van der Waals surface area (Å²) in [4.78, 5) is 13.2. The van der Waals surface area contributed by atoms with E-state index in [0.29, 0.717) is 19.3 Å². The topological polar surface area (TPSA) is 307 Å². The molecule has 3 aliphatic rings. The fraction of sp³-hybridized carbons (Fsp3) is 0.758. The van der Waals surface area contributed by atoms with Crippen molar-refractivity contribution < 1.29 is 89.4 Å². The van der Waals surface area contributed by atoms with Crippen LogP contribution >= 0.6 is 0 Å². The molecule has 0 aromatic heterocycles. The maximum absolute atomic E-state index is 13.2. The lowest BCUT2D eigenvalue weighted by Gasteiger charge is -2.48. The van der Waals surface area contributed by atoms with Gasteiger partial charge in [0.15, 0.2) is 18.9 Å². The molecular weight excluding hydrogens is 1050 g/mol. The van der Waals surface area contributed by atoms with Crippen LogP contribution in [0.1, 0.15) is 168 Å². The second-order valence-corrected chi connectivity index (χ2v) is 21.4. The fourth-order valence-electron chi connectivity index (χ4n) is 9.70. The second-order valence-electron chi connectivity index (χ2n) is 21.4. The molecule has 3 saturated heterocycles. The van der Waals surface area contributed by atoms with Gasteiger partial charge in [-0.1, -0.05) is 176 Å². The van der Waals surface area contributed by atoms with Gasteiger partial charge >= 0.3 is 0 Å². The van der Waals surface area contributed by atoms with Crippen molar-refractivity contribution in [3.8, 4) is 0 Å². The molecule has 0 aliphatic carbocycles. The van der Waals surface area contributed by atoms with E-state index in [-0.39, 0.29) is 12.3 Å². The second kappa shape index (κ2) is 44.4. The van der Waals surface area contributed by atoms with E-state index >= 15 is 0 Å². The Kier molecular flexibility index (Phi) is 39.6. The first-order chi connectivity index (χ1) is 39.3. The van der Waals surface area contributed by atoms with Gasteiger partial charge in [0.25, 0.3) is 0 Å². The van der Waals surface area contributed by atoms with Gasteiger partial charge in [0.05, 0.1) is 38.6 Å². The maximum atomic E-state index is 13.2. The maximum Gasteiger partial charge on any atom is 0.220 e. The predicted molar refractivity (Wildman–Crippen MR) is 309 cm³/mol. The van der Waals surface area contributed by atoms with Crippen LogP contribution in [0.4, 0.5) is 0 Å². The van der Waals surface area contributed by atoms with Crippen LogP contribution in [-0.4, -0.2) is 193 Å². The highest BCUT2D eigenvalue weighted by Gasteiger charge is 2.53. The van der Waals surface area contributed by atoms with E-state index in [4.69, 9.17) is 28.4 Å². The average Bonchev–Trinajstić information content (AvgIpc) is 3.51. The van der Waals surface area contributed by atoms with E-state index in [1.54, 1.807) is 6.08 Å². The van der Waals surface area contributed by atoms with Gasteiger partial charge in [-0.2, -0.15) is 0 Å². The molecule has 466 valence electrons. The monoisotopic (exact) mass is 1150 g/mol. The zero-order valence-corrected chi connectivity index (χ0v) is 48.5. The molecule has 0 aromatic rings. The normalized spacial score (nSPS) is 30.4. The molecule has 81 heavy (non-hydrogen) atoms. The standard InChI is InChI=1S/C62H105NO18/c1-3-5-7-9-11-13-15-17-18-19-20-21-22-23-24-25-26-28-29-31-33-35-37-39-46(67)45(63-50(68)40-38-36-34-32-30-27-16-14-12-10-8-6-4-2)44-76-60-56(74)53(71)58(48(42-65)78-60)81-62-57(75)54(72)59(49(43-66)79-62)80-61-55(73)52(70)51(69)47(41-64)77-61/h6,8,12,14,24-25,27,29-31,34,36-37,39,45-49,51-62,64-67,69-75H,3-5,7,9-11,13,15-23,26,28,32-33,35,38,40-44H2,1-2H3,(H,63,68)/b8-6-,14-12-,25-24+,30-27-,31-29+,36-34-,39-37+. The van der Waals surface area contributed by atoms with Crippen LogP contribution in [0.15, 0.2) is 85.1 Å². The molecule has 12 N–H and O–H groups in total. The lowest BCUT2D eigenvalue weighted by molar-refractivity contribution is -0.379. The molecule has 3 heterocycles. The van der Waals surface area contributed by atoms with Gasteiger partial charge in [0.2, 0.25) is 5.91 Å². The number of unbranched alkanes of at least 4 members (excludes halogenated alkanes) is 15. The first-order valence-electron chi connectivity index (χ1n) is 30.3. The van der Waals surface area contributed by atoms with Crippen molar-refractivity contribution in [2.45, 2.75) is 272 Å². The van der Waals surface area contributed by atoms with Crippen LogP contribution in [-0.2, 0) is 33.2 Å². The lowest BCUT2D eigenvalue weighted by atomic mass is 9.96. The van der Waals surface area contributed by atoms with Crippen LogP contribution < -0.4 is 5.32 Å². The van der Waals surface area contributed by atoms with E-state index < -0.39 is 131 Å². The third-order valence-electron chi connectivity index (χ3n) is 14.7. The summed E-state index contributed by atoms with van der Waals surface area (Å²) in [5.74, 6) is -0.373. The van der Waals surface area contributed by atoms with Gasteiger partial charge in [0, 0.05) is 6.42 Å². The van der Waals surface area contributed by atoms with E-state index in [1.807, 2.05) is 18.2 Å². The highest BCUT2D eigenvalue weighted by atomic mass is 16.8. The summed E-state index contributed by atoms with van der Waals surface area (Å²) in [5.41, 5.74) is 0. The number of hydrogen-bond donors (Lipinski definition) is 12. The zero-order chi connectivity index (χ0) is 59.0. The quantitative estimate of drug-likeness (QED) is 0.0261. The van der Waals surface area contributed by atoms with Gasteiger partial charge in [-0.3, -0.25) is 4.79 Å². The summed E-state index contributed by atoms with van der Waals surface area (Å²) in [5, 5.41) is 120. The minimum atomic E-state index is -1.99. The molecule has 3 rings (SSSR count). The summed E-state index contributed by atoms with van der Waals surface area (Å²) in [7, 11) is 0. The zero-order valence-electron chi connectivity index (χ0n) is 48.5. The van der Waals surface area contributed by atoms with Gasteiger partial charge in [-0.25, -0.2) is 0 Å². The van der Waals surface area contributed by atoms with Crippen LogP contribution in [0.3, 0.4) is 0 Å². The number of ether oxygens (including phenoxy) is 6. The molecule has 0 aromatic carbocycles. The van der Waals surface area contributed by atoms with Crippen molar-refractivity contribution in [2.75, 3.05) is 26.4 Å². The Morgan fingerprint density at radius 2 is 0.864 bits per heavy atom. The van der Waals surface area contributed by atoms with E-state index in [0.717, 1.165) is 44.9 Å². The van der Waals surface area contributed by atoms with E-state index in [9.17, 15) is 61.0 Å². The SMILES string of the molecule is CC/C=C\C/C=C\C/C=C\C/C=C\CCC(=O)NC(COC1OC(CO)C(OC2OC(CO)C(OC3OC(CO)C(O)C(O)C3O)C(O)C2O)C(O)C1O)C(O)/C=C/CC/C=C/CC/C=C/CCCCCCCCCCCCCCC. The van der Waals surface area contributed by atoms with Crippen LogP contribution in [0, 0.1) is 0 Å². The smallest absolute Gasteiger partial charge is 0.220 e. The van der Waals surface area contributed by atoms with Gasteiger partial charge < -0.3 is 89.9 Å². The number of amides is 1. The Morgan fingerprint density at radius 1 is 0.457 bits per heavy atom. The molecule has 3 fully saturated rings. The highest BCUT2D eigenvalue weighted by Crippen LogP contribution is 2.33. The van der Waals surface area contributed by atoms with E-state index in [2.05, 4.69) is 79.9 Å². The molecule has 17 atom stereocenters. The van der Waals surface area contributed by atoms with Crippen molar-refractivity contribution in [1.29, 1.82) is 0 Å². The molecule has 0 radical (unpaired) electrons. The number of nitrogens with one attached hydrogen (secondary N) is 1. The molecule has 0 bridgehead atoms. The van der Waals surface area contributed by atoms with Crippen LogP contribution in [0.25, 0.3) is 0 Å². The fourth-order valence-corrected chi connectivity index (χ4v) is 9.70. The van der Waals surface area contributed by atoms with Crippen molar-refractivity contribution in [1.82, 2.24) is 5.32 Å². The first-order valence-corrected chi connectivity index (χ1v) is 30.3. The van der Waals surface area contributed by atoms with Gasteiger partial charge in [-0.15, -0.1) is 0 Å². The summed E-state index contributed by atoms with van der Waals surface area (Å²) >= 11 is 0. The van der Waals surface area contributed by atoms with Crippen molar-refractivity contribution in [2.24, 2.45) is 0 Å². The third-order valence-corrected chi connectivity index (χ3v) is 14.7. The Labute approximate surface area is 482 Å². The summed E-state index contributed by atoms with van der Waals surface area (Å²) in [6.45, 7) is 1.50. The minimum absolute atomic E-state index is 0.106. The predicted octanol–water partition coefficient (Wildman–Crippen LogP) is 5.59. The molecule has 0 spiro atoms. The molecule has 17 unspecified atom stereocenters.